The lowest BCUT2D eigenvalue weighted by atomic mass is 10.0. The molecule has 29 heavy (non-hydrogen) atoms. The normalized spacial score (nSPS) is 13.3. The van der Waals surface area contributed by atoms with Gasteiger partial charge < -0.3 is 14.8 Å². The first-order valence-corrected chi connectivity index (χ1v) is 9.80. The molecular weight excluding hydrogens is 366 g/mol. The van der Waals surface area contributed by atoms with Gasteiger partial charge in [0.2, 0.25) is 0 Å². The Morgan fingerprint density at radius 3 is 2.69 bits per heavy atom. The number of aromatic nitrogens is 3. The summed E-state index contributed by atoms with van der Waals surface area (Å²) in [6.07, 6.45) is 6.88. The van der Waals surface area contributed by atoms with E-state index in [1.807, 2.05) is 43.3 Å². The first-order valence-electron chi connectivity index (χ1n) is 9.80. The van der Waals surface area contributed by atoms with E-state index in [1.54, 1.807) is 28.1 Å². The molecule has 2 aromatic heterocycles. The molecule has 1 aliphatic heterocycles. The highest BCUT2D eigenvalue weighted by atomic mass is 16.2. The van der Waals surface area contributed by atoms with Crippen molar-refractivity contribution >= 4 is 17.5 Å². The largest absolute Gasteiger partial charge is 0.334 e. The molecule has 3 heterocycles. The van der Waals surface area contributed by atoms with Crippen molar-refractivity contribution in [3.8, 4) is 0 Å². The third-order valence-electron chi connectivity index (χ3n) is 5.18. The molecule has 0 aliphatic carbocycles. The molecule has 0 radical (unpaired) electrons. The first-order chi connectivity index (χ1) is 14.2. The fourth-order valence-electron chi connectivity index (χ4n) is 3.51. The number of rotatable bonds is 6. The van der Waals surface area contributed by atoms with Crippen LogP contribution in [0.4, 0.5) is 5.69 Å². The van der Waals surface area contributed by atoms with Gasteiger partial charge in [0.05, 0.1) is 0 Å². The van der Waals surface area contributed by atoms with Gasteiger partial charge in [-0.25, -0.2) is 4.98 Å². The summed E-state index contributed by atoms with van der Waals surface area (Å²) >= 11 is 0. The van der Waals surface area contributed by atoms with Gasteiger partial charge in [0.15, 0.2) is 5.82 Å². The van der Waals surface area contributed by atoms with Crippen molar-refractivity contribution in [2.24, 2.45) is 0 Å². The zero-order valence-electron chi connectivity index (χ0n) is 16.3. The molecule has 2 amide bonds. The zero-order chi connectivity index (χ0) is 20.2. The Labute approximate surface area is 169 Å². The highest BCUT2D eigenvalue weighted by Crippen LogP contribution is 2.19. The second-order valence-electron chi connectivity index (χ2n) is 6.99. The van der Waals surface area contributed by atoms with Crippen LogP contribution in [0.2, 0.25) is 0 Å². The van der Waals surface area contributed by atoms with Gasteiger partial charge in [-0.05, 0) is 49.1 Å². The smallest absolute Gasteiger partial charge is 0.289 e. The Morgan fingerprint density at radius 1 is 1.10 bits per heavy atom. The lowest BCUT2D eigenvalue weighted by Gasteiger charge is -2.25. The molecule has 0 unspecified atom stereocenters. The standard InChI is InChI=1S/C22H23N5O2/c1-2-26-13-14-27-15-19(24-20(27)22(26)29)21(28)25-18-6-4-3-5-17(18)8-7-16-9-11-23-12-10-16/h3-6,9-12,15H,2,7-8,13-14H2,1H3,(H,25,28). The third kappa shape index (κ3) is 4.03. The van der Waals surface area contributed by atoms with E-state index in [4.69, 9.17) is 0 Å². The first kappa shape index (κ1) is 18.9. The Morgan fingerprint density at radius 2 is 1.90 bits per heavy atom. The lowest BCUT2D eigenvalue weighted by Crippen LogP contribution is -2.40. The number of likely N-dealkylation sites (N-methyl/N-ethyl adjacent to an activating group) is 1. The number of carbonyl (C=O) groups excluding carboxylic acids is 2. The van der Waals surface area contributed by atoms with E-state index in [0.29, 0.717) is 25.5 Å². The highest BCUT2D eigenvalue weighted by Gasteiger charge is 2.27. The van der Waals surface area contributed by atoms with E-state index in [-0.39, 0.29) is 17.5 Å². The summed E-state index contributed by atoms with van der Waals surface area (Å²) in [5.41, 5.74) is 3.27. The predicted molar refractivity (Wildman–Crippen MR) is 110 cm³/mol. The number of fused-ring (bicyclic) bond motifs is 1. The van der Waals surface area contributed by atoms with Crippen molar-refractivity contribution in [2.45, 2.75) is 26.3 Å². The number of imidazole rings is 1. The van der Waals surface area contributed by atoms with Crippen LogP contribution >= 0.6 is 0 Å². The number of nitrogens with one attached hydrogen (secondary N) is 1. The van der Waals surface area contributed by atoms with Crippen LogP contribution in [0.1, 0.15) is 39.2 Å². The summed E-state index contributed by atoms with van der Waals surface area (Å²) in [5, 5.41) is 2.96. The van der Waals surface area contributed by atoms with Gasteiger partial charge in [-0.15, -0.1) is 0 Å². The van der Waals surface area contributed by atoms with Gasteiger partial charge in [-0.3, -0.25) is 14.6 Å². The maximum Gasteiger partial charge on any atom is 0.289 e. The van der Waals surface area contributed by atoms with Crippen molar-refractivity contribution < 1.29 is 9.59 Å². The fraction of sp³-hybridized carbons (Fsp3) is 0.273. The predicted octanol–water partition coefficient (Wildman–Crippen LogP) is 2.79. The number of aryl methyl sites for hydroxylation is 2. The van der Waals surface area contributed by atoms with Crippen molar-refractivity contribution in [2.75, 3.05) is 18.4 Å². The van der Waals surface area contributed by atoms with Gasteiger partial charge in [-0.1, -0.05) is 18.2 Å². The quantitative estimate of drug-likeness (QED) is 0.703. The summed E-state index contributed by atoms with van der Waals surface area (Å²) < 4.78 is 1.76. The number of anilines is 1. The maximum absolute atomic E-state index is 12.8. The van der Waals surface area contributed by atoms with E-state index < -0.39 is 0 Å². The fourth-order valence-corrected chi connectivity index (χ4v) is 3.51. The van der Waals surface area contributed by atoms with Gasteiger partial charge >= 0.3 is 0 Å². The van der Waals surface area contributed by atoms with Crippen LogP contribution in [0.3, 0.4) is 0 Å². The van der Waals surface area contributed by atoms with Gasteiger partial charge in [0.1, 0.15) is 5.69 Å². The molecular formula is C22H23N5O2. The van der Waals surface area contributed by atoms with Crippen LogP contribution in [0.5, 0.6) is 0 Å². The molecule has 0 saturated carbocycles. The zero-order valence-corrected chi connectivity index (χ0v) is 16.3. The Bertz CT molecular complexity index is 1030. The third-order valence-corrected chi connectivity index (χ3v) is 5.18. The SMILES string of the molecule is CCN1CCn2cc(C(=O)Nc3ccccc3CCc3ccncc3)nc2C1=O. The molecule has 1 aromatic carbocycles. The Balaban J connectivity index is 1.49. The Kier molecular flexibility index (Phi) is 5.37. The number of pyridine rings is 1. The van der Waals surface area contributed by atoms with Crippen molar-refractivity contribution in [3.63, 3.8) is 0 Å². The van der Waals surface area contributed by atoms with Crippen LogP contribution in [0, 0.1) is 0 Å². The molecule has 0 fully saturated rings. The lowest BCUT2D eigenvalue weighted by molar-refractivity contribution is 0.0707. The molecule has 1 aliphatic rings. The number of nitrogens with zero attached hydrogens (tertiary/aromatic N) is 4. The van der Waals surface area contributed by atoms with Gasteiger partial charge in [-0.2, -0.15) is 0 Å². The van der Waals surface area contributed by atoms with Gasteiger partial charge in [0, 0.05) is 43.9 Å². The molecule has 0 atom stereocenters. The summed E-state index contributed by atoms with van der Waals surface area (Å²) in [6.45, 7) is 3.86. The van der Waals surface area contributed by atoms with Crippen LogP contribution in [-0.2, 0) is 19.4 Å². The van der Waals surface area contributed by atoms with E-state index in [9.17, 15) is 9.59 Å². The maximum atomic E-state index is 12.8. The number of amides is 2. The number of para-hydroxylation sites is 1. The molecule has 7 heteroatoms. The van der Waals surface area contributed by atoms with Crippen LogP contribution in [0.15, 0.2) is 55.0 Å². The summed E-state index contributed by atoms with van der Waals surface area (Å²) in [7, 11) is 0. The minimum atomic E-state index is -0.306. The topological polar surface area (TPSA) is 80.1 Å². The van der Waals surface area contributed by atoms with Crippen molar-refractivity contribution in [3.05, 3.63) is 77.6 Å². The second kappa shape index (κ2) is 8.26. The average Bonchev–Trinajstić information content (AvgIpc) is 3.20. The molecule has 0 saturated heterocycles. The molecule has 0 spiro atoms. The van der Waals surface area contributed by atoms with Crippen molar-refractivity contribution in [1.29, 1.82) is 0 Å². The van der Waals surface area contributed by atoms with Gasteiger partial charge in [0.25, 0.3) is 11.8 Å². The summed E-state index contributed by atoms with van der Waals surface area (Å²) in [5.74, 6) is -0.108. The van der Waals surface area contributed by atoms with E-state index in [1.165, 1.54) is 5.56 Å². The van der Waals surface area contributed by atoms with Crippen LogP contribution < -0.4 is 5.32 Å². The molecule has 1 N–H and O–H groups in total. The molecule has 4 rings (SSSR count). The van der Waals surface area contributed by atoms with Crippen LogP contribution in [0.25, 0.3) is 0 Å². The average molecular weight is 389 g/mol. The molecule has 148 valence electrons. The minimum absolute atomic E-state index is 0.129. The van der Waals surface area contributed by atoms with E-state index >= 15 is 0 Å². The highest BCUT2D eigenvalue weighted by molar-refractivity contribution is 6.04. The number of hydrogen-bond donors (Lipinski definition) is 1. The summed E-state index contributed by atoms with van der Waals surface area (Å²) in [4.78, 5) is 35.3. The van der Waals surface area contributed by atoms with Crippen LogP contribution in [-0.4, -0.2) is 44.3 Å². The second-order valence-corrected chi connectivity index (χ2v) is 6.99. The monoisotopic (exact) mass is 389 g/mol. The molecule has 3 aromatic rings. The van der Waals surface area contributed by atoms with E-state index in [0.717, 1.165) is 24.1 Å². The Hall–Kier alpha value is -3.48. The molecule has 0 bridgehead atoms. The van der Waals surface area contributed by atoms with E-state index in [2.05, 4.69) is 15.3 Å². The number of benzene rings is 1. The number of hydrogen-bond acceptors (Lipinski definition) is 4. The summed E-state index contributed by atoms with van der Waals surface area (Å²) in [6, 6.07) is 11.7. The van der Waals surface area contributed by atoms with Crippen molar-refractivity contribution in [1.82, 2.24) is 19.4 Å². The molecule has 7 nitrogen and oxygen atoms in total. The number of carbonyl (C=O) groups is 2. The minimum Gasteiger partial charge on any atom is -0.334 e.